The fraction of sp³-hybridized carbons (Fsp3) is 0.167. The number of aryl methyl sites for hydroxylation is 1. The van der Waals surface area contributed by atoms with E-state index in [4.69, 9.17) is 17.0 Å². The maximum absolute atomic E-state index is 5.11. The van der Waals surface area contributed by atoms with Crippen LogP contribution in [0.25, 0.3) is 11.3 Å². The molecule has 0 aliphatic carbocycles. The Balaban J connectivity index is 2.39. The second-order valence-corrected chi connectivity index (χ2v) is 4.67. The zero-order valence-corrected chi connectivity index (χ0v) is 11.3. The van der Waals surface area contributed by atoms with Crippen LogP contribution in [0.4, 0.5) is 0 Å². The molecule has 0 aliphatic heterocycles. The van der Waals surface area contributed by atoms with Crippen LogP contribution in [-0.2, 0) is 0 Å². The van der Waals surface area contributed by atoms with Crippen molar-refractivity contribution in [3.63, 3.8) is 0 Å². The Labute approximate surface area is 111 Å². The van der Waals surface area contributed by atoms with Gasteiger partial charge in [-0.2, -0.15) is 0 Å². The van der Waals surface area contributed by atoms with E-state index < -0.39 is 0 Å². The molecule has 0 unspecified atom stereocenters. The summed E-state index contributed by atoms with van der Waals surface area (Å²) in [6, 6.07) is 7.74. The molecule has 2 rings (SSSR count). The summed E-state index contributed by atoms with van der Waals surface area (Å²) in [5, 5.41) is 0. The van der Waals surface area contributed by atoms with Crippen LogP contribution in [0.5, 0.6) is 5.75 Å². The number of aromatic nitrogens is 2. The van der Waals surface area contributed by atoms with Gasteiger partial charge in [0.1, 0.15) is 15.9 Å². The predicted octanol–water partition coefficient (Wildman–Crippen LogP) is 2.93. The van der Waals surface area contributed by atoms with Crippen LogP contribution in [0.3, 0.4) is 0 Å². The maximum atomic E-state index is 5.11. The molecule has 0 amide bonds. The normalized spacial score (nSPS) is 10.3. The molecule has 0 bridgehead atoms. The topological polar surface area (TPSA) is 27.1 Å². The highest BCUT2D eigenvalue weighted by Gasteiger charge is 2.07. The van der Waals surface area contributed by atoms with E-state index in [2.05, 4.69) is 17.6 Å². The molecule has 0 saturated heterocycles. The van der Waals surface area contributed by atoms with Crippen molar-refractivity contribution < 1.29 is 4.74 Å². The lowest BCUT2D eigenvalue weighted by Crippen LogP contribution is -2.01. The second kappa shape index (κ2) is 4.89. The van der Waals surface area contributed by atoms with Crippen molar-refractivity contribution in [3.05, 3.63) is 36.3 Å². The molecular weight excluding hydrogens is 252 g/mol. The second-order valence-electron chi connectivity index (χ2n) is 3.55. The molecule has 0 atom stereocenters. The van der Waals surface area contributed by atoms with Crippen molar-refractivity contribution in [2.75, 3.05) is 7.11 Å². The highest BCUT2D eigenvalue weighted by molar-refractivity contribution is 8.11. The Morgan fingerprint density at radius 1 is 1.35 bits per heavy atom. The fourth-order valence-corrected chi connectivity index (χ4v) is 1.95. The van der Waals surface area contributed by atoms with Crippen LogP contribution in [0.15, 0.2) is 30.5 Å². The molecule has 2 aromatic rings. The number of ether oxygens (including phenoxy) is 1. The third-order valence-electron chi connectivity index (χ3n) is 2.47. The molecular formula is C12H12N2OS2. The van der Waals surface area contributed by atoms with Crippen LogP contribution < -0.4 is 4.74 Å². The Hall–Kier alpha value is -1.33. The molecule has 1 aromatic heterocycles. The lowest BCUT2D eigenvalue weighted by Gasteiger charge is -2.00. The van der Waals surface area contributed by atoms with E-state index in [0.29, 0.717) is 4.32 Å². The number of hydrogen-bond acceptors (Lipinski definition) is 3. The van der Waals surface area contributed by atoms with Gasteiger partial charge in [0.05, 0.1) is 12.8 Å². The van der Waals surface area contributed by atoms with Crippen molar-refractivity contribution in [3.8, 4) is 17.0 Å². The first-order valence-corrected chi connectivity index (χ1v) is 5.91. The molecule has 0 fully saturated rings. The van der Waals surface area contributed by atoms with E-state index in [9.17, 15) is 0 Å². The van der Waals surface area contributed by atoms with E-state index in [0.717, 1.165) is 22.8 Å². The monoisotopic (exact) mass is 264 g/mol. The van der Waals surface area contributed by atoms with E-state index in [1.54, 1.807) is 11.7 Å². The molecule has 88 valence electrons. The van der Waals surface area contributed by atoms with Gasteiger partial charge in [-0.15, -0.1) is 12.6 Å². The number of hydrogen-bond donors (Lipinski definition) is 1. The molecule has 0 radical (unpaired) electrons. The molecule has 1 heterocycles. The van der Waals surface area contributed by atoms with Gasteiger partial charge in [-0.3, -0.25) is 4.57 Å². The zero-order valence-electron chi connectivity index (χ0n) is 9.54. The van der Waals surface area contributed by atoms with Crippen LogP contribution in [0.2, 0.25) is 0 Å². The SMILES string of the molecule is COc1ccc(-c2cn(C(=S)S)c(C)n2)cc1. The smallest absolute Gasteiger partial charge is 0.142 e. The molecule has 0 N–H and O–H groups in total. The number of rotatable bonds is 2. The number of imidazole rings is 1. The summed E-state index contributed by atoms with van der Waals surface area (Å²) >= 11 is 9.17. The van der Waals surface area contributed by atoms with E-state index >= 15 is 0 Å². The highest BCUT2D eigenvalue weighted by Crippen LogP contribution is 2.22. The van der Waals surface area contributed by atoms with Crippen LogP contribution in [0.1, 0.15) is 5.82 Å². The Morgan fingerprint density at radius 3 is 2.47 bits per heavy atom. The van der Waals surface area contributed by atoms with E-state index in [-0.39, 0.29) is 0 Å². The molecule has 1 aromatic carbocycles. The highest BCUT2D eigenvalue weighted by atomic mass is 32.1. The van der Waals surface area contributed by atoms with Gasteiger partial charge in [0, 0.05) is 11.8 Å². The van der Waals surface area contributed by atoms with Crippen LogP contribution >= 0.6 is 24.8 Å². The number of benzene rings is 1. The summed E-state index contributed by atoms with van der Waals surface area (Å²) in [6.45, 7) is 1.90. The Kier molecular flexibility index (Phi) is 3.49. The van der Waals surface area contributed by atoms with E-state index in [1.165, 1.54) is 0 Å². The molecule has 0 spiro atoms. The van der Waals surface area contributed by atoms with E-state index in [1.807, 2.05) is 37.4 Å². The third-order valence-corrected chi connectivity index (χ3v) is 2.89. The molecule has 3 nitrogen and oxygen atoms in total. The third kappa shape index (κ3) is 2.50. The van der Waals surface area contributed by atoms with Gasteiger partial charge in [-0.1, -0.05) is 12.2 Å². The first kappa shape index (κ1) is 12.1. The first-order chi connectivity index (χ1) is 8.11. The minimum atomic E-state index is 0.495. The zero-order chi connectivity index (χ0) is 12.4. The lowest BCUT2D eigenvalue weighted by molar-refractivity contribution is 0.415. The van der Waals surface area contributed by atoms with Crippen molar-refractivity contribution in [2.45, 2.75) is 6.92 Å². The van der Waals surface area contributed by atoms with Crippen LogP contribution in [-0.4, -0.2) is 21.0 Å². The molecule has 5 heteroatoms. The summed E-state index contributed by atoms with van der Waals surface area (Å²) in [7, 11) is 1.65. The minimum absolute atomic E-state index is 0.495. The van der Waals surface area contributed by atoms with Crippen molar-refractivity contribution in [1.29, 1.82) is 0 Å². The van der Waals surface area contributed by atoms with Gasteiger partial charge in [-0.25, -0.2) is 4.98 Å². The minimum Gasteiger partial charge on any atom is -0.497 e. The first-order valence-electron chi connectivity index (χ1n) is 5.05. The Morgan fingerprint density at radius 2 is 2.00 bits per heavy atom. The van der Waals surface area contributed by atoms with Crippen molar-refractivity contribution in [1.82, 2.24) is 9.55 Å². The fourth-order valence-electron chi connectivity index (χ4n) is 1.57. The van der Waals surface area contributed by atoms with Gasteiger partial charge >= 0.3 is 0 Å². The average Bonchev–Trinajstić information content (AvgIpc) is 2.71. The summed E-state index contributed by atoms with van der Waals surface area (Å²) < 4.78 is 7.38. The number of methoxy groups -OCH3 is 1. The number of thiocarbonyl (C=S) groups is 1. The summed E-state index contributed by atoms with van der Waals surface area (Å²) in [4.78, 5) is 4.44. The molecule has 17 heavy (non-hydrogen) atoms. The summed E-state index contributed by atoms with van der Waals surface area (Å²) in [6.07, 6.45) is 1.88. The van der Waals surface area contributed by atoms with Crippen LogP contribution in [0, 0.1) is 6.92 Å². The molecule has 0 saturated carbocycles. The lowest BCUT2D eigenvalue weighted by atomic mass is 10.2. The van der Waals surface area contributed by atoms with Gasteiger partial charge < -0.3 is 4.74 Å². The van der Waals surface area contributed by atoms with Crippen molar-refractivity contribution >= 4 is 29.2 Å². The number of nitrogens with zero attached hydrogens (tertiary/aromatic N) is 2. The number of thiol groups is 1. The van der Waals surface area contributed by atoms with Gasteiger partial charge in [-0.05, 0) is 31.2 Å². The van der Waals surface area contributed by atoms with Gasteiger partial charge in [0.2, 0.25) is 0 Å². The van der Waals surface area contributed by atoms with Crippen molar-refractivity contribution in [2.24, 2.45) is 0 Å². The summed E-state index contributed by atoms with van der Waals surface area (Å²) in [5.41, 5.74) is 1.90. The quantitative estimate of drug-likeness (QED) is 0.667. The standard InChI is InChI=1S/C12H12N2OS2/c1-8-13-11(7-14(8)12(16)17)9-3-5-10(15-2)6-4-9/h3-7H,1-2H3,(H,16,17). The van der Waals surface area contributed by atoms with Gasteiger partial charge in [0.15, 0.2) is 0 Å². The average molecular weight is 264 g/mol. The maximum Gasteiger partial charge on any atom is 0.142 e. The predicted molar refractivity (Wildman–Crippen MR) is 75.9 cm³/mol. The largest absolute Gasteiger partial charge is 0.497 e. The van der Waals surface area contributed by atoms with Gasteiger partial charge in [0.25, 0.3) is 0 Å². The molecule has 0 aliphatic rings. The summed E-state index contributed by atoms with van der Waals surface area (Å²) in [5.74, 6) is 1.66. The Bertz CT molecular complexity index is 546.